The maximum absolute atomic E-state index is 12.8. The summed E-state index contributed by atoms with van der Waals surface area (Å²) in [7, 11) is -2.13. The van der Waals surface area contributed by atoms with Crippen LogP contribution in [-0.4, -0.2) is 40.4 Å². The topological polar surface area (TPSA) is 102 Å². The molecule has 3 rings (SSSR count). The Morgan fingerprint density at radius 3 is 2.12 bits per heavy atom. The number of ether oxygens (including phenoxy) is 1. The van der Waals surface area contributed by atoms with Crippen LogP contribution in [0.4, 0.5) is 0 Å². The average Bonchev–Trinajstić information content (AvgIpc) is 2.83. The van der Waals surface area contributed by atoms with Crippen LogP contribution in [0.3, 0.4) is 0 Å². The van der Waals surface area contributed by atoms with Crippen molar-refractivity contribution < 1.29 is 22.7 Å². The number of ketones is 1. The molecule has 0 aliphatic heterocycles. The number of hydrogen-bond donors (Lipinski definition) is 2. The van der Waals surface area contributed by atoms with E-state index < -0.39 is 10.0 Å². The summed E-state index contributed by atoms with van der Waals surface area (Å²) >= 11 is 0. The van der Waals surface area contributed by atoms with Crippen LogP contribution in [0.5, 0.6) is 0 Å². The number of carbonyl (C=O) groups is 2. The SMILES string of the molecule is COCCNS(=O)(=O)c1ccc(CNC(=O)c2ccccc2C(=O)c2ccccc2)cc1. The largest absolute Gasteiger partial charge is 0.383 e. The standard InChI is InChI=1S/C24H24N2O5S/c1-31-16-15-26-32(29,30)20-13-11-18(12-14-20)17-25-24(28)22-10-6-5-9-21(22)23(27)19-7-3-2-4-8-19/h2-14,26H,15-17H2,1H3,(H,25,28). The van der Waals surface area contributed by atoms with Crippen molar-refractivity contribution in [2.75, 3.05) is 20.3 Å². The summed E-state index contributed by atoms with van der Waals surface area (Å²) in [6.45, 7) is 0.638. The molecule has 0 bridgehead atoms. The van der Waals surface area contributed by atoms with Crippen LogP contribution in [0.2, 0.25) is 0 Å². The van der Waals surface area contributed by atoms with Crippen molar-refractivity contribution >= 4 is 21.7 Å². The predicted molar refractivity (Wildman–Crippen MR) is 121 cm³/mol. The Morgan fingerprint density at radius 1 is 0.844 bits per heavy atom. The molecule has 2 N–H and O–H groups in total. The van der Waals surface area contributed by atoms with Crippen molar-refractivity contribution in [3.05, 3.63) is 101 Å². The third kappa shape index (κ3) is 5.88. The third-order valence-electron chi connectivity index (χ3n) is 4.74. The Labute approximate surface area is 187 Å². The van der Waals surface area contributed by atoms with Crippen LogP contribution in [-0.2, 0) is 21.3 Å². The molecule has 0 spiro atoms. The lowest BCUT2D eigenvalue weighted by atomic mass is 9.98. The lowest BCUT2D eigenvalue weighted by molar-refractivity contribution is 0.0939. The summed E-state index contributed by atoms with van der Waals surface area (Å²) in [5.74, 6) is -0.616. The van der Waals surface area contributed by atoms with Gasteiger partial charge in [-0.2, -0.15) is 0 Å². The molecular weight excluding hydrogens is 428 g/mol. The minimum atomic E-state index is -3.62. The molecule has 0 saturated heterocycles. The van der Waals surface area contributed by atoms with E-state index in [9.17, 15) is 18.0 Å². The van der Waals surface area contributed by atoms with Crippen LogP contribution >= 0.6 is 0 Å². The number of nitrogens with one attached hydrogen (secondary N) is 2. The molecule has 0 radical (unpaired) electrons. The summed E-state index contributed by atoms with van der Waals surface area (Å²) < 4.78 is 31.7. The highest BCUT2D eigenvalue weighted by atomic mass is 32.2. The lowest BCUT2D eigenvalue weighted by Gasteiger charge is -2.11. The Morgan fingerprint density at radius 2 is 1.47 bits per heavy atom. The first kappa shape index (κ1) is 23.3. The van der Waals surface area contributed by atoms with E-state index in [4.69, 9.17) is 4.74 Å². The zero-order valence-electron chi connectivity index (χ0n) is 17.6. The third-order valence-corrected chi connectivity index (χ3v) is 6.21. The van der Waals surface area contributed by atoms with Crippen LogP contribution in [0.15, 0.2) is 83.8 Å². The molecule has 0 fully saturated rings. The maximum Gasteiger partial charge on any atom is 0.252 e. The molecule has 0 aromatic heterocycles. The minimum Gasteiger partial charge on any atom is -0.383 e. The first-order chi connectivity index (χ1) is 15.4. The van der Waals surface area contributed by atoms with Gasteiger partial charge in [0.2, 0.25) is 10.0 Å². The van der Waals surface area contributed by atoms with Crippen molar-refractivity contribution in [2.45, 2.75) is 11.4 Å². The number of carbonyl (C=O) groups excluding carboxylic acids is 2. The number of amides is 1. The van der Waals surface area contributed by atoms with E-state index in [2.05, 4.69) is 10.0 Å². The van der Waals surface area contributed by atoms with Gasteiger partial charge in [-0.1, -0.05) is 60.7 Å². The molecule has 0 heterocycles. The molecule has 0 aliphatic rings. The second-order valence-corrected chi connectivity index (χ2v) is 8.72. The molecule has 0 aliphatic carbocycles. The van der Waals surface area contributed by atoms with Gasteiger partial charge in [0.1, 0.15) is 0 Å². The second kappa shape index (κ2) is 10.8. The summed E-state index contributed by atoms with van der Waals surface area (Å²) in [4.78, 5) is 25.7. The van der Waals surface area contributed by atoms with E-state index in [0.29, 0.717) is 11.1 Å². The molecule has 8 heteroatoms. The lowest BCUT2D eigenvalue weighted by Crippen LogP contribution is -2.27. The number of rotatable bonds is 10. The summed E-state index contributed by atoms with van der Waals surface area (Å²) in [5.41, 5.74) is 1.83. The van der Waals surface area contributed by atoms with Gasteiger partial charge in [0, 0.05) is 31.3 Å². The van der Waals surface area contributed by atoms with E-state index in [-0.39, 0.29) is 41.8 Å². The molecule has 0 saturated carbocycles. The molecular formula is C24H24N2O5S. The van der Waals surface area contributed by atoms with Crippen molar-refractivity contribution in [3.8, 4) is 0 Å². The van der Waals surface area contributed by atoms with Crippen LogP contribution in [0.25, 0.3) is 0 Å². The first-order valence-corrected chi connectivity index (χ1v) is 11.4. The highest BCUT2D eigenvalue weighted by Crippen LogP contribution is 2.15. The van der Waals surface area contributed by atoms with E-state index >= 15 is 0 Å². The zero-order chi connectivity index (χ0) is 23.0. The highest BCUT2D eigenvalue weighted by Gasteiger charge is 2.18. The Kier molecular flexibility index (Phi) is 7.88. The molecule has 32 heavy (non-hydrogen) atoms. The molecule has 0 unspecified atom stereocenters. The van der Waals surface area contributed by atoms with Gasteiger partial charge in [-0.05, 0) is 23.8 Å². The molecule has 7 nitrogen and oxygen atoms in total. The van der Waals surface area contributed by atoms with Crippen LogP contribution < -0.4 is 10.0 Å². The number of benzene rings is 3. The maximum atomic E-state index is 12.8. The van der Waals surface area contributed by atoms with Crippen LogP contribution in [0, 0.1) is 0 Å². The molecule has 1 amide bonds. The molecule has 3 aromatic rings. The molecule has 0 atom stereocenters. The predicted octanol–water partition coefficient (Wildman–Crippen LogP) is 2.77. The van der Waals surface area contributed by atoms with E-state index in [1.54, 1.807) is 60.7 Å². The summed E-state index contributed by atoms with van der Waals surface area (Å²) in [5, 5.41) is 2.79. The van der Waals surface area contributed by atoms with Gasteiger partial charge in [-0.25, -0.2) is 13.1 Å². The van der Waals surface area contributed by atoms with Crippen molar-refractivity contribution in [3.63, 3.8) is 0 Å². The summed E-state index contributed by atoms with van der Waals surface area (Å²) in [6.07, 6.45) is 0. The summed E-state index contributed by atoms with van der Waals surface area (Å²) in [6, 6.07) is 21.6. The Balaban J connectivity index is 1.67. The highest BCUT2D eigenvalue weighted by molar-refractivity contribution is 7.89. The zero-order valence-corrected chi connectivity index (χ0v) is 18.4. The number of methoxy groups -OCH3 is 1. The normalized spacial score (nSPS) is 11.2. The Hall–Kier alpha value is -3.33. The average molecular weight is 453 g/mol. The van der Waals surface area contributed by atoms with Crippen molar-refractivity contribution in [1.29, 1.82) is 0 Å². The van der Waals surface area contributed by atoms with E-state index in [0.717, 1.165) is 5.56 Å². The Bertz CT molecular complexity index is 1180. The molecule has 3 aromatic carbocycles. The van der Waals surface area contributed by atoms with Crippen molar-refractivity contribution in [2.24, 2.45) is 0 Å². The fraction of sp³-hybridized carbons (Fsp3) is 0.167. The smallest absolute Gasteiger partial charge is 0.252 e. The van der Waals surface area contributed by atoms with E-state index in [1.165, 1.54) is 19.2 Å². The molecule has 166 valence electrons. The fourth-order valence-electron chi connectivity index (χ4n) is 3.05. The van der Waals surface area contributed by atoms with Gasteiger partial charge in [-0.3, -0.25) is 9.59 Å². The van der Waals surface area contributed by atoms with Gasteiger partial charge < -0.3 is 10.1 Å². The first-order valence-electron chi connectivity index (χ1n) is 9.97. The second-order valence-electron chi connectivity index (χ2n) is 6.96. The van der Waals surface area contributed by atoms with Gasteiger partial charge in [0.15, 0.2) is 5.78 Å². The minimum absolute atomic E-state index is 0.127. The quantitative estimate of drug-likeness (QED) is 0.364. The number of sulfonamides is 1. The van der Waals surface area contributed by atoms with E-state index in [1.807, 2.05) is 6.07 Å². The van der Waals surface area contributed by atoms with Gasteiger partial charge >= 0.3 is 0 Å². The number of hydrogen-bond acceptors (Lipinski definition) is 5. The van der Waals surface area contributed by atoms with Crippen LogP contribution in [0.1, 0.15) is 31.8 Å². The van der Waals surface area contributed by atoms with Crippen molar-refractivity contribution in [1.82, 2.24) is 10.0 Å². The van der Waals surface area contributed by atoms with Gasteiger partial charge in [-0.15, -0.1) is 0 Å². The van der Waals surface area contributed by atoms with Gasteiger partial charge in [0.25, 0.3) is 5.91 Å². The van der Waals surface area contributed by atoms with Gasteiger partial charge in [0.05, 0.1) is 17.1 Å². The monoisotopic (exact) mass is 452 g/mol. The fourth-order valence-corrected chi connectivity index (χ4v) is 4.06.